The number of pyridine rings is 1. The third-order valence-corrected chi connectivity index (χ3v) is 4.44. The minimum atomic E-state index is -0.197. The molecular weight excluding hydrogens is 305 g/mol. The summed E-state index contributed by atoms with van der Waals surface area (Å²) in [5.74, 6) is 0.201. The minimum Gasteiger partial charge on any atom is -0.351 e. The van der Waals surface area contributed by atoms with Gasteiger partial charge in [-0.1, -0.05) is 31.2 Å². The Morgan fingerprint density at radius 3 is 2.92 bits per heavy atom. The highest BCUT2D eigenvalue weighted by Gasteiger charge is 2.33. The molecule has 0 bridgehead atoms. The van der Waals surface area contributed by atoms with Crippen molar-refractivity contribution >= 4 is 5.91 Å². The van der Waals surface area contributed by atoms with E-state index in [4.69, 9.17) is 0 Å². The fourth-order valence-corrected chi connectivity index (χ4v) is 3.32. The normalized spacial score (nSPS) is 20.9. The van der Waals surface area contributed by atoms with Gasteiger partial charge in [-0.15, -0.1) is 0 Å². The van der Waals surface area contributed by atoms with Crippen LogP contribution in [-0.4, -0.2) is 28.9 Å². The standard InChI is InChI=1S/C19H22FN3O/c1-14-9-18(16-6-2-3-7-17(16)20)23(12-14)13-19(24)22-11-15-5-4-8-21-10-15/h2-8,10,14,18H,9,11-13H2,1H3,(H,22,24)/t14-,18+/m1/s1. The van der Waals surface area contributed by atoms with Crippen molar-refractivity contribution in [2.45, 2.75) is 25.9 Å². The van der Waals surface area contributed by atoms with Crippen LogP contribution in [0.25, 0.3) is 0 Å². The van der Waals surface area contributed by atoms with Gasteiger partial charge in [0.05, 0.1) is 6.54 Å². The average molecular weight is 327 g/mol. The van der Waals surface area contributed by atoms with Gasteiger partial charge < -0.3 is 5.32 Å². The van der Waals surface area contributed by atoms with Gasteiger partial charge in [0.25, 0.3) is 0 Å². The zero-order chi connectivity index (χ0) is 16.9. The second-order valence-electron chi connectivity index (χ2n) is 6.45. The molecule has 126 valence electrons. The lowest BCUT2D eigenvalue weighted by molar-refractivity contribution is -0.122. The van der Waals surface area contributed by atoms with Crippen LogP contribution in [0.4, 0.5) is 4.39 Å². The summed E-state index contributed by atoms with van der Waals surface area (Å²) in [5, 5.41) is 2.91. The second-order valence-corrected chi connectivity index (χ2v) is 6.45. The number of halogens is 1. The van der Waals surface area contributed by atoms with E-state index in [9.17, 15) is 9.18 Å². The molecule has 5 heteroatoms. The van der Waals surface area contributed by atoms with E-state index in [0.717, 1.165) is 18.5 Å². The number of hydrogen-bond acceptors (Lipinski definition) is 3. The maximum atomic E-state index is 14.1. The first-order valence-electron chi connectivity index (χ1n) is 8.27. The molecule has 0 saturated carbocycles. The number of nitrogens with zero attached hydrogens (tertiary/aromatic N) is 2. The molecule has 1 aromatic heterocycles. The number of carbonyl (C=O) groups excluding carboxylic acids is 1. The van der Waals surface area contributed by atoms with Crippen molar-refractivity contribution in [1.29, 1.82) is 0 Å². The van der Waals surface area contributed by atoms with Gasteiger partial charge in [0.15, 0.2) is 0 Å². The number of nitrogens with one attached hydrogen (secondary N) is 1. The van der Waals surface area contributed by atoms with Crippen LogP contribution in [0.2, 0.25) is 0 Å². The molecule has 1 saturated heterocycles. The topological polar surface area (TPSA) is 45.2 Å². The minimum absolute atomic E-state index is 0.0367. The molecule has 0 radical (unpaired) electrons. The van der Waals surface area contributed by atoms with E-state index in [1.54, 1.807) is 18.5 Å². The molecule has 0 aliphatic carbocycles. The van der Waals surface area contributed by atoms with E-state index in [-0.39, 0.29) is 24.3 Å². The van der Waals surface area contributed by atoms with E-state index < -0.39 is 0 Å². The molecule has 24 heavy (non-hydrogen) atoms. The number of carbonyl (C=O) groups is 1. The molecule has 1 aromatic carbocycles. The summed E-state index contributed by atoms with van der Waals surface area (Å²) in [4.78, 5) is 18.4. The number of benzene rings is 1. The van der Waals surface area contributed by atoms with Crippen LogP contribution in [-0.2, 0) is 11.3 Å². The number of rotatable bonds is 5. The Labute approximate surface area is 141 Å². The van der Waals surface area contributed by atoms with E-state index in [1.165, 1.54) is 6.07 Å². The average Bonchev–Trinajstić information content (AvgIpc) is 2.94. The smallest absolute Gasteiger partial charge is 0.234 e. The summed E-state index contributed by atoms with van der Waals surface area (Å²) < 4.78 is 14.1. The molecule has 1 amide bonds. The molecule has 4 nitrogen and oxygen atoms in total. The number of aromatic nitrogens is 1. The predicted molar refractivity (Wildman–Crippen MR) is 90.6 cm³/mol. The number of amides is 1. The first kappa shape index (κ1) is 16.6. The molecule has 3 rings (SSSR count). The molecular formula is C19H22FN3O. The lowest BCUT2D eigenvalue weighted by atomic mass is 10.0. The Kier molecular flexibility index (Phi) is 5.20. The summed E-state index contributed by atoms with van der Waals surface area (Å²) in [7, 11) is 0. The summed E-state index contributed by atoms with van der Waals surface area (Å²) >= 11 is 0. The largest absolute Gasteiger partial charge is 0.351 e. The highest BCUT2D eigenvalue weighted by Crippen LogP contribution is 2.35. The van der Waals surface area contributed by atoms with Crippen LogP contribution in [0.5, 0.6) is 0 Å². The van der Waals surface area contributed by atoms with Crippen molar-refractivity contribution in [2.75, 3.05) is 13.1 Å². The highest BCUT2D eigenvalue weighted by atomic mass is 19.1. The molecule has 1 fully saturated rings. The molecule has 0 spiro atoms. The van der Waals surface area contributed by atoms with Crippen LogP contribution >= 0.6 is 0 Å². The van der Waals surface area contributed by atoms with Gasteiger partial charge in [0, 0.05) is 37.1 Å². The summed E-state index contributed by atoms with van der Waals surface area (Å²) in [6.45, 7) is 3.69. The fourth-order valence-electron chi connectivity index (χ4n) is 3.32. The van der Waals surface area contributed by atoms with Gasteiger partial charge in [0.2, 0.25) is 5.91 Å². The van der Waals surface area contributed by atoms with Gasteiger partial charge in [0.1, 0.15) is 5.82 Å². The molecule has 1 aliphatic heterocycles. The Morgan fingerprint density at radius 1 is 1.33 bits per heavy atom. The monoisotopic (exact) mass is 327 g/mol. The first-order valence-corrected chi connectivity index (χ1v) is 8.27. The SMILES string of the molecule is C[C@@H]1C[C@@H](c2ccccc2F)N(CC(=O)NCc2cccnc2)C1. The van der Waals surface area contributed by atoms with E-state index in [2.05, 4.69) is 22.1 Å². The molecule has 2 aromatic rings. The van der Waals surface area contributed by atoms with Crippen molar-refractivity contribution in [1.82, 2.24) is 15.2 Å². The summed E-state index contributed by atoms with van der Waals surface area (Å²) in [6.07, 6.45) is 4.31. The van der Waals surface area contributed by atoms with Crippen molar-refractivity contribution in [3.8, 4) is 0 Å². The van der Waals surface area contributed by atoms with Crippen LogP contribution in [0.3, 0.4) is 0 Å². The second kappa shape index (κ2) is 7.53. The summed E-state index contributed by atoms with van der Waals surface area (Å²) in [6, 6.07) is 10.6. The van der Waals surface area contributed by atoms with Gasteiger partial charge in [-0.3, -0.25) is 14.7 Å². The third kappa shape index (κ3) is 3.97. The lowest BCUT2D eigenvalue weighted by Crippen LogP contribution is -2.37. The maximum Gasteiger partial charge on any atom is 0.234 e. The van der Waals surface area contributed by atoms with Crippen molar-refractivity contribution in [2.24, 2.45) is 5.92 Å². The van der Waals surface area contributed by atoms with Crippen LogP contribution in [0, 0.1) is 11.7 Å². The fraction of sp³-hybridized carbons (Fsp3) is 0.368. The molecule has 2 heterocycles. The van der Waals surface area contributed by atoms with Gasteiger partial charge >= 0.3 is 0 Å². The number of hydrogen-bond donors (Lipinski definition) is 1. The Balaban J connectivity index is 1.62. The zero-order valence-electron chi connectivity index (χ0n) is 13.8. The van der Waals surface area contributed by atoms with E-state index in [0.29, 0.717) is 18.0 Å². The van der Waals surface area contributed by atoms with Gasteiger partial charge in [-0.05, 0) is 30.0 Å². The zero-order valence-corrected chi connectivity index (χ0v) is 13.8. The lowest BCUT2D eigenvalue weighted by Gasteiger charge is -2.24. The first-order chi connectivity index (χ1) is 11.6. The van der Waals surface area contributed by atoms with Crippen molar-refractivity contribution < 1.29 is 9.18 Å². The maximum absolute atomic E-state index is 14.1. The van der Waals surface area contributed by atoms with Gasteiger partial charge in [-0.25, -0.2) is 4.39 Å². The number of likely N-dealkylation sites (tertiary alicyclic amines) is 1. The quantitative estimate of drug-likeness (QED) is 0.918. The molecule has 2 atom stereocenters. The van der Waals surface area contributed by atoms with Crippen molar-refractivity contribution in [3.05, 3.63) is 65.7 Å². The Bertz CT molecular complexity index is 692. The van der Waals surface area contributed by atoms with Crippen molar-refractivity contribution in [3.63, 3.8) is 0 Å². The van der Waals surface area contributed by atoms with Crippen LogP contribution < -0.4 is 5.32 Å². The highest BCUT2D eigenvalue weighted by molar-refractivity contribution is 5.78. The molecule has 1 aliphatic rings. The molecule has 1 N–H and O–H groups in total. The van der Waals surface area contributed by atoms with Crippen LogP contribution in [0.15, 0.2) is 48.8 Å². The Morgan fingerprint density at radius 2 is 2.17 bits per heavy atom. The van der Waals surface area contributed by atoms with Crippen LogP contribution in [0.1, 0.15) is 30.5 Å². The summed E-state index contributed by atoms with van der Waals surface area (Å²) in [5.41, 5.74) is 1.65. The Hall–Kier alpha value is -2.27. The van der Waals surface area contributed by atoms with Gasteiger partial charge in [-0.2, -0.15) is 0 Å². The predicted octanol–water partition coefficient (Wildman–Crippen LogP) is 2.92. The third-order valence-electron chi connectivity index (χ3n) is 4.44. The van der Waals surface area contributed by atoms with E-state index in [1.807, 2.05) is 24.3 Å². The molecule has 0 unspecified atom stereocenters. The van der Waals surface area contributed by atoms with E-state index >= 15 is 0 Å².